The molecule has 2 rings (SSSR count). The van der Waals surface area contributed by atoms with Crippen molar-refractivity contribution < 1.29 is 9.53 Å². The van der Waals surface area contributed by atoms with Gasteiger partial charge in [-0.2, -0.15) is 0 Å². The molecule has 0 N–H and O–H groups in total. The fraction of sp³-hybridized carbons (Fsp3) is 0.533. The van der Waals surface area contributed by atoms with Gasteiger partial charge in [-0.05, 0) is 44.2 Å². The second-order valence-corrected chi connectivity index (χ2v) is 5.03. The molecule has 0 heterocycles. The molecule has 1 aliphatic carbocycles. The summed E-state index contributed by atoms with van der Waals surface area (Å²) in [6.45, 7) is 4.19. The molecule has 1 aromatic carbocycles. The van der Waals surface area contributed by atoms with Crippen molar-refractivity contribution in [1.29, 1.82) is 0 Å². The second-order valence-electron chi connectivity index (χ2n) is 5.03. The molecule has 0 saturated heterocycles. The second kappa shape index (κ2) is 5.46. The number of hydrogen-bond acceptors (Lipinski definition) is 2. The van der Waals surface area contributed by atoms with E-state index < -0.39 is 0 Å². The first-order valence-electron chi connectivity index (χ1n) is 6.38. The maximum absolute atomic E-state index is 12.0. The smallest absolute Gasteiger partial charge is 0.161 e. The first-order chi connectivity index (χ1) is 8.16. The lowest BCUT2D eigenvalue weighted by Crippen LogP contribution is -2.27. The number of ether oxygens (including phenoxy) is 1. The highest BCUT2D eigenvalue weighted by molar-refractivity contribution is 5.82. The van der Waals surface area contributed by atoms with Gasteiger partial charge < -0.3 is 4.74 Å². The van der Waals surface area contributed by atoms with Crippen LogP contribution in [0.5, 0.6) is 0 Å². The Morgan fingerprint density at radius 1 is 1.35 bits per heavy atom. The molecule has 92 valence electrons. The van der Waals surface area contributed by atoms with E-state index in [1.54, 1.807) is 0 Å². The molecule has 0 spiro atoms. The first-order valence-corrected chi connectivity index (χ1v) is 6.38. The van der Waals surface area contributed by atoms with Crippen LogP contribution in [0.25, 0.3) is 0 Å². The number of fused-ring (bicyclic) bond motifs is 1. The molecule has 2 nitrogen and oxygen atoms in total. The third-order valence-electron chi connectivity index (χ3n) is 3.36. The lowest BCUT2D eigenvalue weighted by molar-refractivity contribution is -0.129. The lowest BCUT2D eigenvalue weighted by Gasteiger charge is -2.23. The molecule has 1 aromatic rings. The number of carbonyl (C=O) groups excluding carboxylic acids is 1. The lowest BCUT2D eigenvalue weighted by atomic mass is 9.82. The number of ketones is 1. The molecule has 1 atom stereocenters. The van der Waals surface area contributed by atoms with Crippen LogP contribution in [-0.4, -0.2) is 18.5 Å². The third-order valence-corrected chi connectivity index (χ3v) is 3.36. The summed E-state index contributed by atoms with van der Waals surface area (Å²) >= 11 is 0. The Labute approximate surface area is 103 Å². The van der Waals surface area contributed by atoms with Crippen LogP contribution in [0.15, 0.2) is 24.3 Å². The van der Waals surface area contributed by atoms with Gasteiger partial charge in [0, 0.05) is 5.92 Å². The zero-order valence-corrected chi connectivity index (χ0v) is 10.6. The van der Waals surface area contributed by atoms with Crippen LogP contribution < -0.4 is 0 Å². The van der Waals surface area contributed by atoms with Crippen molar-refractivity contribution >= 4 is 5.78 Å². The Morgan fingerprint density at radius 2 is 2.06 bits per heavy atom. The summed E-state index contributed by atoms with van der Waals surface area (Å²) in [6, 6.07) is 8.43. The predicted molar refractivity (Wildman–Crippen MR) is 68.1 cm³/mol. The minimum Gasteiger partial charge on any atom is -0.371 e. The number of Topliss-reactive ketones (excluding diaryl/α,β-unsaturated/α-hetero) is 1. The standard InChI is InChI=1S/C15H20O2/c1-11(2)17-10-15(16)14-8-7-12-5-3-4-6-13(12)9-14/h3-6,11,14H,7-10H2,1-2H3. The van der Waals surface area contributed by atoms with Gasteiger partial charge in [0.05, 0.1) is 6.10 Å². The molecule has 0 aliphatic heterocycles. The van der Waals surface area contributed by atoms with Crippen LogP contribution in [0.3, 0.4) is 0 Å². The van der Waals surface area contributed by atoms with Gasteiger partial charge in [0.25, 0.3) is 0 Å². The quantitative estimate of drug-likeness (QED) is 0.798. The van der Waals surface area contributed by atoms with Crippen molar-refractivity contribution in [2.75, 3.05) is 6.61 Å². The maximum Gasteiger partial charge on any atom is 0.161 e. The Kier molecular flexibility index (Phi) is 3.95. The minimum atomic E-state index is 0.134. The number of hydrogen-bond donors (Lipinski definition) is 0. The van der Waals surface area contributed by atoms with Crippen molar-refractivity contribution in [2.24, 2.45) is 5.92 Å². The van der Waals surface area contributed by atoms with Crippen molar-refractivity contribution in [2.45, 2.75) is 39.2 Å². The monoisotopic (exact) mass is 232 g/mol. The van der Waals surface area contributed by atoms with Gasteiger partial charge in [-0.1, -0.05) is 24.3 Å². The van der Waals surface area contributed by atoms with E-state index in [1.807, 2.05) is 13.8 Å². The van der Waals surface area contributed by atoms with E-state index in [-0.39, 0.29) is 24.4 Å². The van der Waals surface area contributed by atoms with Crippen molar-refractivity contribution in [3.63, 3.8) is 0 Å². The molecule has 0 aromatic heterocycles. The Balaban J connectivity index is 1.95. The SMILES string of the molecule is CC(C)OCC(=O)C1CCc2ccccc2C1. The molecular weight excluding hydrogens is 212 g/mol. The summed E-state index contributed by atoms with van der Waals surface area (Å²) in [7, 11) is 0. The van der Waals surface area contributed by atoms with Crippen molar-refractivity contribution in [3.8, 4) is 0 Å². The molecule has 0 fully saturated rings. The summed E-state index contributed by atoms with van der Waals surface area (Å²) in [5.74, 6) is 0.414. The van der Waals surface area contributed by atoms with Gasteiger partial charge in [0.2, 0.25) is 0 Å². The molecule has 1 aliphatic rings. The van der Waals surface area contributed by atoms with Gasteiger partial charge >= 0.3 is 0 Å². The molecule has 2 heteroatoms. The largest absolute Gasteiger partial charge is 0.371 e. The van der Waals surface area contributed by atoms with E-state index in [0.717, 1.165) is 19.3 Å². The van der Waals surface area contributed by atoms with Crippen LogP contribution in [0.1, 0.15) is 31.4 Å². The number of rotatable bonds is 4. The van der Waals surface area contributed by atoms with Crippen LogP contribution in [0, 0.1) is 5.92 Å². The Morgan fingerprint density at radius 3 is 2.76 bits per heavy atom. The number of benzene rings is 1. The summed E-state index contributed by atoms with van der Waals surface area (Å²) in [6.07, 6.45) is 3.01. The highest BCUT2D eigenvalue weighted by Crippen LogP contribution is 2.25. The minimum absolute atomic E-state index is 0.134. The van der Waals surface area contributed by atoms with Gasteiger partial charge in [-0.25, -0.2) is 0 Å². The highest BCUT2D eigenvalue weighted by Gasteiger charge is 2.24. The van der Waals surface area contributed by atoms with Crippen LogP contribution in [0.2, 0.25) is 0 Å². The van der Waals surface area contributed by atoms with E-state index in [0.29, 0.717) is 0 Å². The van der Waals surface area contributed by atoms with Crippen molar-refractivity contribution in [3.05, 3.63) is 35.4 Å². The first kappa shape index (κ1) is 12.3. The van der Waals surface area contributed by atoms with Crippen molar-refractivity contribution in [1.82, 2.24) is 0 Å². The fourth-order valence-electron chi connectivity index (χ4n) is 2.34. The fourth-order valence-corrected chi connectivity index (χ4v) is 2.34. The average Bonchev–Trinajstić information content (AvgIpc) is 2.35. The predicted octanol–water partition coefficient (Wildman–Crippen LogP) is 2.79. The number of aryl methyl sites for hydroxylation is 1. The molecule has 0 radical (unpaired) electrons. The zero-order valence-electron chi connectivity index (χ0n) is 10.6. The van der Waals surface area contributed by atoms with Crippen LogP contribution in [0.4, 0.5) is 0 Å². The van der Waals surface area contributed by atoms with Crippen LogP contribution in [-0.2, 0) is 22.4 Å². The molecule has 0 amide bonds. The van der Waals surface area contributed by atoms with Crippen LogP contribution >= 0.6 is 0 Å². The molecule has 0 saturated carbocycles. The average molecular weight is 232 g/mol. The van der Waals surface area contributed by atoms with E-state index >= 15 is 0 Å². The molecule has 0 bridgehead atoms. The van der Waals surface area contributed by atoms with Gasteiger partial charge in [-0.15, -0.1) is 0 Å². The highest BCUT2D eigenvalue weighted by atomic mass is 16.5. The maximum atomic E-state index is 12.0. The van der Waals surface area contributed by atoms with Gasteiger partial charge in [0.15, 0.2) is 5.78 Å². The summed E-state index contributed by atoms with van der Waals surface area (Å²) in [5, 5.41) is 0. The van der Waals surface area contributed by atoms with Gasteiger partial charge in [0.1, 0.15) is 6.61 Å². The Bertz CT molecular complexity index is 396. The van der Waals surface area contributed by atoms with E-state index in [1.165, 1.54) is 11.1 Å². The summed E-state index contributed by atoms with van der Waals surface area (Å²) in [5.41, 5.74) is 2.74. The van der Waals surface area contributed by atoms with E-state index in [9.17, 15) is 4.79 Å². The van der Waals surface area contributed by atoms with E-state index in [4.69, 9.17) is 4.74 Å². The van der Waals surface area contributed by atoms with E-state index in [2.05, 4.69) is 24.3 Å². The van der Waals surface area contributed by atoms with Gasteiger partial charge in [-0.3, -0.25) is 4.79 Å². The Hall–Kier alpha value is -1.15. The molecule has 1 unspecified atom stereocenters. The topological polar surface area (TPSA) is 26.3 Å². The molecule has 17 heavy (non-hydrogen) atoms. The third kappa shape index (κ3) is 3.16. The molecular formula is C15H20O2. The summed E-state index contributed by atoms with van der Waals surface area (Å²) < 4.78 is 5.40. The number of carbonyl (C=O) groups is 1. The zero-order chi connectivity index (χ0) is 12.3. The summed E-state index contributed by atoms with van der Waals surface area (Å²) in [4.78, 5) is 12.0. The normalized spacial score (nSPS) is 19.1.